The standard InChI is InChI=1S/C26H35Cl2FN6O/c1-3-21-17-34(25-23(28)12-18(14-31-25)15-32-26(36)30-2)10-11-35(21)22-6-8-33(9-7-22)16-19-4-5-20(27)13-24(19)29/h4-5,12-14,21-22H,3,6-11,15-17H2,1-2H3,(H2,30,32,36)/t21-/m0/s1. The summed E-state index contributed by atoms with van der Waals surface area (Å²) in [4.78, 5) is 23.3. The maximum Gasteiger partial charge on any atom is 0.314 e. The van der Waals surface area contributed by atoms with Crippen LogP contribution in [-0.2, 0) is 13.1 Å². The topological polar surface area (TPSA) is 63.7 Å². The van der Waals surface area contributed by atoms with E-state index in [2.05, 4.69) is 37.2 Å². The number of aromatic nitrogens is 1. The second kappa shape index (κ2) is 12.4. The summed E-state index contributed by atoms with van der Waals surface area (Å²) in [5.41, 5.74) is 1.57. The molecule has 1 aromatic carbocycles. The first-order valence-electron chi connectivity index (χ1n) is 12.6. The zero-order chi connectivity index (χ0) is 25.7. The van der Waals surface area contributed by atoms with Gasteiger partial charge in [-0.2, -0.15) is 0 Å². The second-order valence-electron chi connectivity index (χ2n) is 9.57. The Bertz CT molecular complexity index is 1050. The van der Waals surface area contributed by atoms with E-state index in [1.807, 2.05) is 6.07 Å². The highest BCUT2D eigenvalue weighted by atomic mass is 35.5. The van der Waals surface area contributed by atoms with Crippen molar-refractivity contribution in [2.75, 3.05) is 44.7 Å². The summed E-state index contributed by atoms with van der Waals surface area (Å²) >= 11 is 12.5. The third-order valence-electron chi connectivity index (χ3n) is 7.29. The highest BCUT2D eigenvalue weighted by Gasteiger charge is 2.34. The van der Waals surface area contributed by atoms with Gasteiger partial charge in [0.05, 0.1) is 5.02 Å². The number of carbonyl (C=O) groups is 1. The van der Waals surface area contributed by atoms with Gasteiger partial charge in [0.25, 0.3) is 0 Å². The van der Waals surface area contributed by atoms with E-state index in [4.69, 9.17) is 23.2 Å². The number of halogens is 3. The Morgan fingerprint density at radius 2 is 1.94 bits per heavy atom. The van der Waals surface area contributed by atoms with E-state index < -0.39 is 0 Å². The lowest BCUT2D eigenvalue weighted by atomic mass is 9.97. The van der Waals surface area contributed by atoms with E-state index >= 15 is 0 Å². The molecule has 36 heavy (non-hydrogen) atoms. The maximum atomic E-state index is 14.2. The van der Waals surface area contributed by atoms with E-state index in [9.17, 15) is 9.18 Å². The summed E-state index contributed by atoms with van der Waals surface area (Å²) in [5.74, 6) is 0.577. The van der Waals surface area contributed by atoms with E-state index in [1.165, 1.54) is 6.07 Å². The number of anilines is 1. The van der Waals surface area contributed by atoms with Gasteiger partial charge in [0.15, 0.2) is 0 Å². The number of nitrogens with one attached hydrogen (secondary N) is 2. The van der Waals surface area contributed by atoms with Gasteiger partial charge >= 0.3 is 6.03 Å². The molecule has 2 fully saturated rings. The summed E-state index contributed by atoms with van der Waals surface area (Å²) < 4.78 is 14.2. The van der Waals surface area contributed by atoms with Crippen LogP contribution in [0.5, 0.6) is 0 Å². The highest BCUT2D eigenvalue weighted by Crippen LogP contribution is 2.30. The Morgan fingerprint density at radius 1 is 1.17 bits per heavy atom. The molecule has 1 atom stereocenters. The van der Waals surface area contributed by atoms with Crippen molar-refractivity contribution < 1.29 is 9.18 Å². The number of urea groups is 1. The zero-order valence-electron chi connectivity index (χ0n) is 20.9. The van der Waals surface area contributed by atoms with Crippen molar-refractivity contribution in [2.45, 2.75) is 51.4 Å². The van der Waals surface area contributed by atoms with Crippen LogP contribution in [0.15, 0.2) is 30.5 Å². The fourth-order valence-electron chi connectivity index (χ4n) is 5.28. The molecular formula is C26H35Cl2FN6O. The molecule has 2 aromatic rings. The van der Waals surface area contributed by atoms with Gasteiger partial charge in [-0.25, -0.2) is 14.2 Å². The quantitative estimate of drug-likeness (QED) is 0.544. The minimum atomic E-state index is -0.236. The smallest absolute Gasteiger partial charge is 0.314 e. The third kappa shape index (κ3) is 6.59. The molecule has 2 N–H and O–H groups in total. The monoisotopic (exact) mass is 536 g/mol. The van der Waals surface area contributed by atoms with Gasteiger partial charge < -0.3 is 15.5 Å². The number of pyridine rings is 1. The van der Waals surface area contributed by atoms with Crippen molar-refractivity contribution in [2.24, 2.45) is 0 Å². The lowest BCUT2D eigenvalue weighted by molar-refractivity contribution is 0.0607. The van der Waals surface area contributed by atoms with Crippen LogP contribution in [-0.4, -0.2) is 72.7 Å². The first kappa shape index (κ1) is 26.9. The summed E-state index contributed by atoms with van der Waals surface area (Å²) in [6.07, 6.45) is 5.00. The van der Waals surface area contributed by atoms with Crippen LogP contribution >= 0.6 is 23.2 Å². The molecule has 0 saturated carbocycles. The van der Waals surface area contributed by atoms with Gasteiger partial charge in [0.2, 0.25) is 0 Å². The Labute approximate surface area is 222 Å². The van der Waals surface area contributed by atoms with Crippen molar-refractivity contribution in [1.29, 1.82) is 0 Å². The molecule has 0 spiro atoms. The lowest BCUT2D eigenvalue weighted by Crippen LogP contribution is -2.58. The molecule has 2 aliphatic heterocycles. The molecular weight excluding hydrogens is 502 g/mol. The Hall–Kier alpha value is -2.13. The predicted octanol–water partition coefficient (Wildman–Crippen LogP) is 4.52. The van der Waals surface area contributed by atoms with Crippen LogP contribution in [0.25, 0.3) is 0 Å². The number of amides is 2. The first-order valence-corrected chi connectivity index (χ1v) is 13.4. The molecule has 2 saturated heterocycles. The van der Waals surface area contributed by atoms with Gasteiger partial charge in [-0.05, 0) is 56.1 Å². The number of hydrogen-bond donors (Lipinski definition) is 2. The number of hydrogen-bond acceptors (Lipinski definition) is 5. The van der Waals surface area contributed by atoms with Crippen molar-refractivity contribution in [3.05, 3.63) is 57.5 Å². The Kier molecular flexibility index (Phi) is 9.28. The molecule has 2 aliphatic rings. The van der Waals surface area contributed by atoms with Crippen LogP contribution in [0.3, 0.4) is 0 Å². The lowest BCUT2D eigenvalue weighted by Gasteiger charge is -2.47. The van der Waals surface area contributed by atoms with Gasteiger partial charge in [-0.15, -0.1) is 0 Å². The minimum absolute atomic E-state index is 0.227. The van der Waals surface area contributed by atoms with Gasteiger partial charge in [0.1, 0.15) is 11.6 Å². The SMILES string of the molecule is CC[C@H]1CN(c2ncc(CNC(=O)NC)cc2Cl)CCN1C1CCN(Cc2ccc(Cl)cc2F)CC1. The number of likely N-dealkylation sites (tertiary alicyclic amines) is 1. The van der Waals surface area contributed by atoms with Crippen molar-refractivity contribution in [3.63, 3.8) is 0 Å². The van der Waals surface area contributed by atoms with E-state index in [-0.39, 0.29) is 11.8 Å². The zero-order valence-corrected chi connectivity index (χ0v) is 22.5. The molecule has 7 nitrogen and oxygen atoms in total. The fourth-order valence-corrected chi connectivity index (χ4v) is 5.74. The predicted molar refractivity (Wildman–Crippen MR) is 143 cm³/mol. The summed E-state index contributed by atoms with van der Waals surface area (Å²) in [7, 11) is 1.58. The van der Waals surface area contributed by atoms with E-state index in [0.29, 0.717) is 40.8 Å². The maximum absolute atomic E-state index is 14.2. The molecule has 1 aromatic heterocycles. The van der Waals surface area contributed by atoms with E-state index in [0.717, 1.165) is 63.4 Å². The van der Waals surface area contributed by atoms with Crippen LogP contribution in [0.1, 0.15) is 37.3 Å². The number of nitrogens with zero attached hydrogens (tertiary/aromatic N) is 4. The number of rotatable bonds is 7. The summed E-state index contributed by atoms with van der Waals surface area (Å²) in [5, 5.41) is 6.34. The molecule has 0 aliphatic carbocycles. The van der Waals surface area contributed by atoms with Crippen molar-refractivity contribution in [1.82, 2.24) is 25.4 Å². The van der Waals surface area contributed by atoms with Crippen molar-refractivity contribution >= 4 is 35.1 Å². The average Bonchev–Trinajstić information content (AvgIpc) is 2.89. The number of piperazine rings is 1. The van der Waals surface area contributed by atoms with Crippen LogP contribution in [0.4, 0.5) is 15.0 Å². The number of piperidine rings is 1. The van der Waals surface area contributed by atoms with Crippen LogP contribution in [0.2, 0.25) is 10.0 Å². The summed E-state index contributed by atoms with van der Waals surface area (Å²) in [6.45, 7) is 7.88. The Balaban J connectivity index is 1.31. The molecule has 4 rings (SSSR count). The van der Waals surface area contributed by atoms with Gasteiger partial charge in [-0.3, -0.25) is 9.80 Å². The number of carbonyl (C=O) groups excluding carboxylic acids is 1. The van der Waals surface area contributed by atoms with E-state index in [1.54, 1.807) is 25.4 Å². The van der Waals surface area contributed by atoms with Crippen LogP contribution < -0.4 is 15.5 Å². The Morgan fingerprint density at radius 3 is 2.61 bits per heavy atom. The molecule has 196 valence electrons. The van der Waals surface area contributed by atoms with Gasteiger partial charge in [0, 0.05) is 68.6 Å². The minimum Gasteiger partial charge on any atom is -0.353 e. The molecule has 0 radical (unpaired) electrons. The average molecular weight is 538 g/mol. The largest absolute Gasteiger partial charge is 0.353 e. The summed E-state index contributed by atoms with van der Waals surface area (Å²) in [6, 6.07) is 7.55. The third-order valence-corrected chi connectivity index (χ3v) is 7.81. The second-order valence-corrected chi connectivity index (χ2v) is 10.4. The van der Waals surface area contributed by atoms with Crippen LogP contribution in [0, 0.1) is 5.82 Å². The normalized spacial score (nSPS) is 19.9. The first-order chi connectivity index (χ1) is 17.4. The molecule has 0 unspecified atom stereocenters. The molecule has 3 heterocycles. The highest BCUT2D eigenvalue weighted by molar-refractivity contribution is 6.33. The van der Waals surface area contributed by atoms with Gasteiger partial charge in [-0.1, -0.05) is 36.2 Å². The van der Waals surface area contributed by atoms with Crippen molar-refractivity contribution in [3.8, 4) is 0 Å². The molecule has 2 amide bonds. The molecule has 0 bridgehead atoms. The molecule has 10 heteroatoms. The fraction of sp³-hybridized carbons (Fsp3) is 0.538. The number of benzene rings is 1.